The van der Waals surface area contributed by atoms with Gasteiger partial charge in [-0.05, 0) is 28.9 Å². The molecule has 27 heavy (non-hydrogen) atoms. The van der Waals surface area contributed by atoms with Gasteiger partial charge < -0.3 is 16.0 Å². The number of carbonyl (C=O) groups excluding carboxylic acids is 1. The Balaban J connectivity index is 1.76. The summed E-state index contributed by atoms with van der Waals surface area (Å²) in [6.45, 7) is 2.02. The Morgan fingerprint density at radius 2 is 1.81 bits per heavy atom. The lowest BCUT2D eigenvalue weighted by atomic mass is 10.2. The van der Waals surface area contributed by atoms with Crippen LogP contribution < -0.4 is 16.0 Å². The lowest BCUT2D eigenvalue weighted by molar-refractivity contribution is -0.114. The first kappa shape index (κ1) is 18.1. The molecule has 1 amide bonds. The van der Waals surface area contributed by atoms with E-state index in [2.05, 4.69) is 26.1 Å². The number of hydrogen-bond acceptors (Lipinski definition) is 6. The predicted octanol–water partition coefficient (Wildman–Crippen LogP) is 4.79. The second-order valence-electron chi connectivity index (χ2n) is 5.90. The van der Waals surface area contributed by atoms with Crippen LogP contribution >= 0.6 is 0 Å². The highest BCUT2D eigenvalue weighted by Gasteiger charge is 2.07. The Hall–Kier alpha value is -3.74. The van der Waals surface area contributed by atoms with Crippen LogP contribution in [0, 0.1) is 4.91 Å². The number of anilines is 4. The summed E-state index contributed by atoms with van der Waals surface area (Å²) in [7, 11) is 0. The highest BCUT2D eigenvalue weighted by atomic mass is 16.3. The third kappa shape index (κ3) is 5.12. The van der Waals surface area contributed by atoms with Crippen LogP contribution in [0.3, 0.4) is 0 Å². The van der Waals surface area contributed by atoms with Crippen molar-refractivity contribution in [2.45, 2.75) is 13.5 Å². The standard InChI is InChI=1S/C20H19N5O2/c1-14(26)23-16-8-5-9-17(10-16)24-20-11-18(19(25-27)13-22-20)21-12-15-6-3-2-4-7-15/h2-11,13H,12H2,1H3,(H,23,26)(H2,21,22,24). The second kappa shape index (κ2) is 8.57. The number of amides is 1. The van der Waals surface area contributed by atoms with Crippen LogP contribution in [0.25, 0.3) is 0 Å². The minimum absolute atomic E-state index is 0.140. The van der Waals surface area contributed by atoms with Crippen molar-refractivity contribution in [3.8, 4) is 0 Å². The predicted molar refractivity (Wildman–Crippen MR) is 107 cm³/mol. The number of nitrogens with zero attached hydrogens (tertiary/aromatic N) is 2. The molecule has 0 aliphatic carbocycles. The quantitative estimate of drug-likeness (QED) is 0.526. The third-order valence-electron chi connectivity index (χ3n) is 3.76. The fourth-order valence-electron chi connectivity index (χ4n) is 2.55. The van der Waals surface area contributed by atoms with E-state index in [0.29, 0.717) is 23.7 Å². The van der Waals surface area contributed by atoms with Crippen LogP contribution in [0.2, 0.25) is 0 Å². The molecule has 0 fully saturated rings. The van der Waals surface area contributed by atoms with Crippen molar-refractivity contribution >= 4 is 34.5 Å². The molecule has 0 saturated heterocycles. The average molecular weight is 361 g/mol. The summed E-state index contributed by atoms with van der Waals surface area (Å²) in [6, 6.07) is 18.9. The van der Waals surface area contributed by atoms with E-state index in [-0.39, 0.29) is 11.6 Å². The van der Waals surface area contributed by atoms with E-state index in [0.717, 1.165) is 11.3 Å². The summed E-state index contributed by atoms with van der Waals surface area (Å²) in [5.74, 6) is 0.414. The van der Waals surface area contributed by atoms with Gasteiger partial charge in [0.25, 0.3) is 0 Å². The number of pyridine rings is 1. The van der Waals surface area contributed by atoms with E-state index < -0.39 is 0 Å². The number of carbonyl (C=O) groups is 1. The molecule has 0 aliphatic rings. The molecule has 0 saturated carbocycles. The summed E-state index contributed by atoms with van der Waals surface area (Å²) in [4.78, 5) is 26.5. The zero-order chi connectivity index (χ0) is 19.1. The first-order valence-corrected chi connectivity index (χ1v) is 8.40. The van der Waals surface area contributed by atoms with Crippen LogP contribution in [-0.2, 0) is 11.3 Å². The number of hydrogen-bond donors (Lipinski definition) is 3. The van der Waals surface area contributed by atoms with Gasteiger partial charge in [0, 0.05) is 30.9 Å². The molecule has 1 aromatic heterocycles. The molecule has 1 heterocycles. The number of nitroso groups, excluding NO2 is 1. The molecule has 3 aromatic rings. The van der Waals surface area contributed by atoms with E-state index in [1.807, 2.05) is 42.5 Å². The van der Waals surface area contributed by atoms with Crippen molar-refractivity contribution in [1.29, 1.82) is 0 Å². The SMILES string of the molecule is CC(=O)Nc1cccc(Nc2cc(NCc3ccccc3)c(N=O)cn2)c1. The average Bonchev–Trinajstić information content (AvgIpc) is 2.67. The number of benzene rings is 2. The fraction of sp³-hybridized carbons (Fsp3) is 0.100. The van der Waals surface area contributed by atoms with Crippen molar-refractivity contribution in [2.75, 3.05) is 16.0 Å². The molecule has 3 N–H and O–H groups in total. The molecule has 2 aromatic carbocycles. The van der Waals surface area contributed by atoms with Crippen molar-refractivity contribution in [1.82, 2.24) is 4.98 Å². The molecule has 7 nitrogen and oxygen atoms in total. The molecule has 0 spiro atoms. The maximum atomic E-state index is 11.2. The summed E-state index contributed by atoms with van der Waals surface area (Å²) >= 11 is 0. The maximum Gasteiger partial charge on any atom is 0.221 e. The van der Waals surface area contributed by atoms with E-state index in [9.17, 15) is 9.70 Å². The Morgan fingerprint density at radius 3 is 2.56 bits per heavy atom. The first-order valence-electron chi connectivity index (χ1n) is 8.40. The van der Waals surface area contributed by atoms with Gasteiger partial charge in [-0.2, -0.15) is 0 Å². The molecule has 7 heteroatoms. The molecule has 0 bridgehead atoms. The molecule has 0 radical (unpaired) electrons. The van der Waals surface area contributed by atoms with Crippen LogP contribution in [0.1, 0.15) is 12.5 Å². The van der Waals surface area contributed by atoms with Gasteiger partial charge >= 0.3 is 0 Å². The third-order valence-corrected chi connectivity index (χ3v) is 3.76. The van der Waals surface area contributed by atoms with E-state index in [1.165, 1.54) is 13.1 Å². The van der Waals surface area contributed by atoms with Crippen LogP contribution in [0.5, 0.6) is 0 Å². The van der Waals surface area contributed by atoms with Gasteiger partial charge in [0.05, 0.1) is 11.9 Å². The van der Waals surface area contributed by atoms with Gasteiger partial charge in [0.1, 0.15) is 11.5 Å². The van der Waals surface area contributed by atoms with Crippen LogP contribution in [0.15, 0.2) is 72.0 Å². The summed E-state index contributed by atoms with van der Waals surface area (Å²) in [6.07, 6.45) is 1.42. The first-order chi connectivity index (χ1) is 13.1. The Morgan fingerprint density at radius 1 is 1.04 bits per heavy atom. The lowest BCUT2D eigenvalue weighted by Crippen LogP contribution is -2.06. The van der Waals surface area contributed by atoms with E-state index >= 15 is 0 Å². The molecular weight excluding hydrogens is 342 g/mol. The van der Waals surface area contributed by atoms with Crippen LogP contribution in [0.4, 0.5) is 28.6 Å². The largest absolute Gasteiger partial charge is 0.379 e. The molecule has 0 unspecified atom stereocenters. The summed E-state index contributed by atoms with van der Waals surface area (Å²) in [5, 5.41) is 12.1. The zero-order valence-electron chi connectivity index (χ0n) is 14.8. The zero-order valence-corrected chi connectivity index (χ0v) is 14.8. The molecule has 0 aliphatic heterocycles. The van der Waals surface area contributed by atoms with E-state index in [4.69, 9.17) is 0 Å². The Labute approximate surface area is 156 Å². The Bertz CT molecular complexity index is 944. The van der Waals surface area contributed by atoms with Crippen molar-refractivity contribution in [3.05, 3.63) is 77.3 Å². The van der Waals surface area contributed by atoms with Gasteiger partial charge in [-0.25, -0.2) is 4.98 Å². The number of aromatic nitrogens is 1. The Kier molecular flexibility index (Phi) is 5.73. The van der Waals surface area contributed by atoms with Gasteiger partial charge in [-0.3, -0.25) is 4.79 Å². The lowest BCUT2D eigenvalue weighted by Gasteiger charge is -2.12. The normalized spacial score (nSPS) is 10.1. The van der Waals surface area contributed by atoms with Crippen molar-refractivity contribution in [3.63, 3.8) is 0 Å². The smallest absolute Gasteiger partial charge is 0.221 e. The topological polar surface area (TPSA) is 95.5 Å². The molecule has 136 valence electrons. The van der Waals surface area contributed by atoms with Crippen molar-refractivity contribution < 1.29 is 4.79 Å². The number of nitrogens with one attached hydrogen (secondary N) is 3. The van der Waals surface area contributed by atoms with Gasteiger partial charge in [0.2, 0.25) is 5.91 Å². The minimum atomic E-state index is -0.140. The second-order valence-corrected chi connectivity index (χ2v) is 5.90. The van der Waals surface area contributed by atoms with Gasteiger partial charge in [-0.1, -0.05) is 36.4 Å². The maximum absolute atomic E-state index is 11.2. The molecule has 3 rings (SSSR count). The molecular formula is C20H19N5O2. The number of rotatable bonds is 7. The highest BCUT2D eigenvalue weighted by molar-refractivity contribution is 5.89. The monoisotopic (exact) mass is 361 g/mol. The van der Waals surface area contributed by atoms with Crippen LogP contribution in [-0.4, -0.2) is 10.9 Å². The fourth-order valence-corrected chi connectivity index (χ4v) is 2.55. The van der Waals surface area contributed by atoms with Gasteiger partial charge in [-0.15, -0.1) is 4.91 Å². The van der Waals surface area contributed by atoms with Gasteiger partial charge in [0.15, 0.2) is 0 Å². The highest BCUT2D eigenvalue weighted by Crippen LogP contribution is 2.28. The summed E-state index contributed by atoms with van der Waals surface area (Å²) in [5.41, 5.74) is 3.35. The summed E-state index contributed by atoms with van der Waals surface area (Å²) < 4.78 is 0. The van der Waals surface area contributed by atoms with Crippen molar-refractivity contribution in [2.24, 2.45) is 5.18 Å². The molecule has 0 atom stereocenters. The van der Waals surface area contributed by atoms with E-state index in [1.54, 1.807) is 18.2 Å². The minimum Gasteiger partial charge on any atom is -0.379 e.